The van der Waals surface area contributed by atoms with E-state index in [-0.39, 0.29) is 0 Å². The summed E-state index contributed by atoms with van der Waals surface area (Å²) in [6.07, 6.45) is 0.571. The van der Waals surface area contributed by atoms with E-state index in [0.29, 0.717) is 17.9 Å². The summed E-state index contributed by atoms with van der Waals surface area (Å²) in [6, 6.07) is 5.73. The van der Waals surface area contributed by atoms with Crippen molar-refractivity contribution < 1.29 is 4.79 Å². The van der Waals surface area contributed by atoms with Gasteiger partial charge in [-0.25, -0.2) is 0 Å². The lowest BCUT2D eigenvalue weighted by atomic mass is 10.00. The van der Waals surface area contributed by atoms with E-state index in [9.17, 15) is 4.79 Å². The molecule has 0 amide bonds. The minimum Gasteiger partial charge on any atom is -0.398 e. The molecule has 0 heterocycles. The Morgan fingerprint density at radius 3 is 2.71 bits per heavy atom. The smallest absolute Gasteiger partial charge is 0.193 e. The zero-order valence-electron chi connectivity index (χ0n) is 8.37. The minimum atomic E-state index is 0.437. The average molecular weight is 187 g/mol. The maximum atomic E-state index is 10.1. The Balaban J connectivity index is 3.14. The van der Waals surface area contributed by atoms with Crippen LogP contribution < -0.4 is 5.73 Å². The SMILES string of the molecule is CC(C)c1ccc(N)c(C#CC=O)c1. The Bertz CT molecular complexity index is 397. The monoisotopic (exact) mass is 187 g/mol. The van der Waals surface area contributed by atoms with E-state index >= 15 is 0 Å². The van der Waals surface area contributed by atoms with Crippen molar-refractivity contribution in [3.8, 4) is 11.8 Å². The summed E-state index contributed by atoms with van der Waals surface area (Å²) in [4.78, 5) is 10.1. The first-order valence-electron chi connectivity index (χ1n) is 4.49. The fraction of sp³-hybridized carbons (Fsp3) is 0.250. The molecule has 0 aliphatic heterocycles. The van der Waals surface area contributed by atoms with Gasteiger partial charge in [-0.05, 0) is 29.5 Å². The maximum absolute atomic E-state index is 10.1. The van der Waals surface area contributed by atoms with Gasteiger partial charge in [0.25, 0.3) is 0 Å². The Labute approximate surface area is 84.1 Å². The average Bonchev–Trinajstić information content (AvgIpc) is 2.16. The molecule has 0 unspecified atom stereocenters. The van der Waals surface area contributed by atoms with Gasteiger partial charge in [0.2, 0.25) is 0 Å². The van der Waals surface area contributed by atoms with Crippen molar-refractivity contribution in [2.24, 2.45) is 0 Å². The molecule has 0 radical (unpaired) electrons. The van der Waals surface area contributed by atoms with E-state index in [0.717, 1.165) is 5.56 Å². The number of nitrogens with two attached hydrogens (primary N) is 1. The molecule has 0 aliphatic carbocycles. The van der Waals surface area contributed by atoms with Gasteiger partial charge in [0.15, 0.2) is 6.29 Å². The summed E-state index contributed by atoms with van der Waals surface area (Å²) < 4.78 is 0. The molecule has 0 fully saturated rings. The zero-order valence-corrected chi connectivity index (χ0v) is 8.37. The molecule has 14 heavy (non-hydrogen) atoms. The molecule has 72 valence electrons. The largest absolute Gasteiger partial charge is 0.398 e. The van der Waals surface area contributed by atoms with Crippen molar-refractivity contribution in [2.45, 2.75) is 19.8 Å². The van der Waals surface area contributed by atoms with Crippen molar-refractivity contribution in [1.29, 1.82) is 0 Å². The molecule has 0 saturated heterocycles. The van der Waals surface area contributed by atoms with Crippen molar-refractivity contribution in [3.63, 3.8) is 0 Å². The molecule has 0 spiro atoms. The van der Waals surface area contributed by atoms with Crippen LogP contribution in [-0.2, 0) is 4.79 Å². The first-order chi connectivity index (χ1) is 6.65. The molecule has 1 aromatic rings. The van der Waals surface area contributed by atoms with Crippen molar-refractivity contribution in [3.05, 3.63) is 29.3 Å². The number of hydrogen-bond donors (Lipinski definition) is 1. The molecule has 2 nitrogen and oxygen atoms in total. The van der Waals surface area contributed by atoms with Crippen LogP contribution in [-0.4, -0.2) is 6.29 Å². The van der Waals surface area contributed by atoms with Crippen LogP contribution in [0.25, 0.3) is 0 Å². The molecule has 0 aromatic heterocycles. The third-order valence-electron chi connectivity index (χ3n) is 2.01. The molecular formula is C12H13NO. The van der Waals surface area contributed by atoms with Crippen LogP contribution in [0, 0.1) is 11.8 Å². The number of anilines is 1. The van der Waals surface area contributed by atoms with Crippen LogP contribution in [0.3, 0.4) is 0 Å². The Hall–Kier alpha value is -1.75. The molecule has 2 heteroatoms. The standard InChI is InChI=1S/C12H13NO/c1-9(2)10-5-6-12(13)11(8-10)4-3-7-14/h5-9H,13H2,1-2H3. The second-order valence-electron chi connectivity index (χ2n) is 3.39. The summed E-state index contributed by atoms with van der Waals surface area (Å²) in [5, 5.41) is 0. The number of aldehydes is 1. The number of hydrogen-bond acceptors (Lipinski definition) is 2. The number of nitrogen functional groups attached to an aromatic ring is 1. The van der Waals surface area contributed by atoms with Crippen molar-refractivity contribution in [1.82, 2.24) is 0 Å². The summed E-state index contributed by atoms with van der Waals surface area (Å²) >= 11 is 0. The predicted molar refractivity (Wildman–Crippen MR) is 57.9 cm³/mol. The lowest BCUT2D eigenvalue weighted by molar-refractivity contribution is -0.103. The third kappa shape index (κ3) is 2.37. The zero-order chi connectivity index (χ0) is 10.6. The fourth-order valence-electron chi connectivity index (χ4n) is 1.15. The van der Waals surface area contributed by atoms with E-state index in [1.807, 2.05) is 18.2 Å². The van der Waals surface area contributed by atoms with E-state index in [1.165, 1.54) is 5.56 Å². The van der Waals surface area contributed by atoms with Gasteiger partial charge in [-0.1, -0.05) is 25.8 Å². The number of carbonyl (C=O) groups excluding carboxylic acids is 1. The molecule has 0 bridgehead atoms. The van der Waals surface area contributed by atoms with E-state index in [1.54, 1.807) is 0 Å². The second kappa shape index (κ2) is 4.48. The van der Waals surface area contributed by atoms with Gasteiger partial charge >= 0.3 is 0 Å². The molecule has 0 saturated carbocycles. The lowest BCUT2D eigenvalue weighted by Gasteiger charge is -2.06. The van der Waals surface area contributed by atoms with E-state index < -0.39 is 0 Å². The number of rotatable bonds is 1. The van der Waals surface area contributed by atoms with Crippen LogP contribution >= 0.6 is 0 Å². The second-order valence-corrected chi connectivity index (χ2v) is 3.39. The summed E-state index contributed by atoms with van der Waals surface area (Å²) in [5.41, 5.74) is 8.23. The molecule has 0 atom stereocenters. The summed E-state index contributed by atoms with van der Waals surface area (Å²) in [6.45, 7) is 4.20. The van der Waals surface area contributed by atoms with Crippen molar-refractivity contribution in [2.75, 3.05) is 5.73 Å². The predicted octanol–water partition coefficient (Wildman–Crippen LogP) is 1.94. The van der Waals surface area contributed by atoms with Crippen molar-refractivity contribution >= 4 is 12.0 Å². The highest BCUT2D eigenvalue weighted by Crippen LogP contribution is 2.19. The number of carbonyl (C=O) groups is 1. The van der Waals surface area contributed by atoms with Crippen LogP contribution in [0.5, 0.6) is 0 Å². The van der Waals surface area contributed by atoms with Crippen LogP contribution in [0.4, 0.5) is 5.69 Å². The third-order valence-corrected chi connectivity index (χ3v) is 2.01. The summed E-state index contributed by atoms with van der Waals surface area (Å²) in [7, 11) is 0. The Morgan fingerprint density at radius 2 is 2.14 bits per heavy atom. The highest BCUT2D eigenvalue weighted by atomic mass is 16.1. The van der Waals surface area contributed by atoms with Crippen LogP contribution in [0.15, 0.2) is 18.2 Å². The first kappa shape index (κ1) is 10.3. The highest BCUT2D eigenvalue weighted by Gasteiger charge is 2.01. The Kier molecular flexibility index (Phi) is 3.30. The lowest BCUT2D eigenvalue weighted by Crippen LogP contribution is -1.94. The molecular weight excluding hydrogens is 174 g/mol. The van der Waals surface area contributed by atoms with Gasteiger partial charge in [0.1, 0.15) is 0 Å². The topological polar surface area (TPSA) is 43.1 Å². The molecule has 2 N–H and O–H groups in total. The van der Waals surface area contributed by atoms with Gasteiger partial charge in [0.05, 0.1) is 0 Å². The van der Waals surface area contributed by atoms with E-state index in [4.69, 9.17) is 5.73 Å². The van der Waals surface area contributed by atoms with Crippen LogP contribution in [0.2, 0.25) is 0 Å². The normalized spacial score (nSPS) is 9.36. The minimum absolute atomic E-state index is 0.437. The Morgan fingerprint density at radius 1 is 1.43 bits per heavy atom. The summed E-state index contributed by atoms with van der Waals surface area (Å²) in [5.74, 6) is 5.51. The number of benzene rings is 1. The highest BCUT2D eigenvalue weighted by molar-refractivity contribution is 5.75. The first-order valence-corrected chi connectivity index (χ1v) is 4.49. The van der Waals surface area contributed by atoms with Crippen LogP contribution in [0.1, 0.15) is 30.9 Å². The molecule has 1 aromatic carbocycles. The fourth-order valence-corrected chi connectivity index (χ4v) is 1.15. The van der Waals surface area contributed by atoms with Gasteiger partial charge in [-0.2, -0.15) is 0 Å². The quantitative estimate of drug-likeness (QED) is 0.415. The van der Waals surface area contributed by atoms with Gasteiger partial charge in [-0.15, -0.1) is 0 Å². The van der Waals surface area contributed by atoms with Gasteiger partial charge in [-0.3, -0.25) is 4.79 Å². The molecule has 1 rings (SSSR count). The van der Waals surface area contributed by atoms with Gasteiger partial charge in [0, 0.05) is 11.3 Å². The van der Waals surface area contributed by atoms with Gasteiger partial charge < -0.3 is 5.73 Å². The molecule has 0 aliphatic rings. The maximum Gasteiger partial charge on any atom is 0.193 e. The van der Waals surface area contributed by atoms with E-state index in [2.05, 4.69) is 25.7 Å².